The van der Waals surface area contributed by atoms with Gasteiger partial charge < -0.3 is 10.2 Å². The first-order valence-electron chi connectivity index (χ1n) is 8.93. The fourth-order valence-corrected chi connectivity index (χ4v) is 3.62. The number of carbonyl (C=O) groups is 2. The molecule has 2 amide bonds. The zero-order valence-electron chi connectivity index (χ0n) is 14.9. The molecule has 1 N–H and O–H groups in total. The lowest BCUT2D eigenvalue weighted by atomic mass is 9.92. The maximum atomic E-state index is 12.7. The first kappa shape index (κ1) is 16.7. The van der Waals surface area contributed by atoms with E-state index >= 15 is 0 Å². The molecule has 2 aliphatic rings. The molecular formula is C18H22N6O2. The third kappa shape index (κ3) is 3.07. The minimum atomic E-state index is -0.264. The molecule has 1 aliphatic heterocycles. The van der Waals surface area contributed by atoms with Crippen LogP contribution in [0, 0.1) is 6.92 Å². The molecule has 26 heavy (non-hydrogen) atoms. The lowest BCUT2D eigenvalue weighted by molar-refractivity contribution is -0.138. The minimum absolute atomic E-state index is 0.152. The maximum absolute atomic E-state index is 12.7. The molecule has 2 aromatic heterocycles. The third-order valence-corrected chi connectivity index (χ3v) is 5.07. The number of nitrogens with zero attached hydrogens (tertiary/aromatic N) is 5. The maximum Gasteiger partial charge on any atom is 0.271 e. The van der Waals surface area contributed by atoms with Crippen LogP contribution in [0.1, 0.15) is 53.6 Å². The van der Waals surface area contributed by atoms with Gasteiger partial charge in [0.15, 0.2) is 0 Å². The van der Waals surface area contributed by atoms with Crippen LogP contribution in [0.25, 0.3) is 0 Å². The average molecular weight is 354 g/mol. The van der Waals surface area contributed by atoms with Gasteiger partial charge in [0.1, 0.15) is 5.69 Å². The summed E-state index contributed by atoms with van der Waals surface area (Å²) in [6, 6.07) is 1.79. The Kier molecular flexibility index (Phi) is 4.18. The van der Waals surface area contributed by atoms with E-state index in [1.165, 1.54) is 6.20 Å². The van der Waals surface area contributed by atoms with Gasteiger partial charge in [0.2, 0.25) is 5.91 Å². The van der Waals surface area contributed by atoms with Gasteiger partial charge >= 0.3 is 0 Å². The van der Waals surface area contributed by atoms with Crippen LogP contribution in [0.15, 0.2) is 24.7 Å². The van der Waals surface area contributed by atoms with Gasteiger partial charge in [-0.2, -0.15) is 5.10 Å². The number of nitrogens with one attached hydrogen (secondary N) is 1. The van der Waals surface area contributed by atoms with E-state index in [4.69, 9.17) is 0 Å². The molecule has 136 valence electrons. The molecule has 0 unspecified atom stereocenters. The highest BCUT2D eigenvalue weighted by atomic mass is 16.2. The number of aromatic nitrogens is 4. The largest absolute Gasteiger partial charge is 0.345 e. The van der Waals surface area contributed by atoms with Crippen molar-refractivity contribution in [3.05, 3.63) is 41.7 Å². The number of likely N-dealkylation sites (tertiary alicyclic amines) is 1. The van der Waals surface area contributed by atoms with Crippen molar-refractivity contribution >= 4 is 11.8 Å². The van der Waals surface area contributed by atoms with E-state index in [0.717, 1.165) is 24.2 Å². The molecular weight excluding hydrogens is 332 g/mol. The summed E-state index contributed by atoms with van der Waals surface area (Å²) in [4.78, 5) is 35.5. The van der Waals surface area contributed by atoms with Gasteiger partial charge in [-0.15, -0.1) is 0 Å². The van der Waals surface area contributed by atoms with E-state index in [1.807, 2.05) is 24.9 Å². The summed E-state index contributed by atoms with van der Waals surface area (Å²) in [5, 5.41) is 7.33. The molecule has 2 aromatic rings. The van der Waals surface area contributed by atoms with Crippen molar-refractivity contribution in [1.82, 2.24) is 30.0 Å². The number of hydrogen-bond donors (Lipinski definition) is 1. The fourth-order valence-electron chi connectivity index (χ4n) is 3.62. The lowest BCUT2D eigenvalue weighted by Crippen LogP contribution is -2.53. The fraction of sp³-hybridized carbons (Fsp3) is 0.500. The van der Waals surface area contributed by atoms with Crippen molar-refractivity contribution in [1.29, 1.82) is 0 Å². The van der Waals surface area contributed by atoms with Gasteiger partial charge in [0.25, 0.3) is 5.91 Å². The molecule has 1 saturated carbocycles. The summed E-state index contributed by atoms with van der Waals surface area (Å²) < 4.78 is 1.78. The number of rotatable bonds is 4. The molecule has 0 aromatic carbocycles. The van der Waals surface area contributed by atoms with Crippen molar-refractivity contribution in [2.45, 2.75) is 50.7 Å². The van der Waals surface area contributed by atoms with Crippen LogP contribution in [-0.2, 0) is 11.8 Å². The van der Waals surface area contributed by atoms with Crippen molar-refractivity contribution < 1.29 is 9.59 Å². The highest BCUT2D eigenvalue weighted by molar-refractivity contribution is 5.92. The molecule has 8 heteroatoms. The summed E-state index contributed by atoms with van der Waals surface area (Å²) >= 11 is 0. The molecule has 2 atom stereocenters. The van der Waals surface area contributed by atoms with E-state index < -0.39 is 0 Å². The van der Waals surface area contributed by atoms with E-state index in [1.54, 1.807) is 17.1 Å². The van der Waals surface area contributed by atoms with Gasteiger partial charge in [0.05, 0.1) is 29.7 Å². The Hall–Kier alpha value is -2.77. The summed E-state index contributed by atoms with van der Waals surface area (Å²) in [6.07, 6.45) is 7.86. The van der Waals surface area contributed by atoms with E-state index in [0.29, 0.717) is 12.8 Å². The standard InChI is InChI=1S/C18H22N6O2/c1-11-9-20-14(10-19-11)18(26)22-13-5-6-16(25)24(12-3-4-12)17(13)15-7-8-21-23(15)2/h7-10,12-13,17H,3-6H2,1-2H3,(H,22,26)/t13-,17-/m1/s1. The van der Waals surface area contributed by atoms with Crippen molar-refractivity contribution in [2.75, 3.05) is 0 Å². The highest BCUT2D eigenvalue weighted by Gasteiger charge is 2.45. The number of piperidine rings is 1. The second-order valence-corrected chi connectivity index (χ2v) is 7.02. The summed E-state index contributed by atoms with van der Waals surface area (Å²) in [7, 11) is 1.86. The molecule has 0 bridgehead atoms. The molecule has 2 fully saturated rings. The Morgan fingerprint density at radius 2 is 2.04 bits per heavy atom. The van der Waals surface area contributed by atoms with Crippen LogP contribution in [0.2, 0.25) is 0 Å². The molecule has 4 rings (SSSR count). The van der Waals surface area contributed by atoms with Crippen molar-refractivity contribution in [2.24, 2.45) is 7.05 Å². The SMILES string of the molecule is Cc1cnc(C(=O)N[C@@H]2CCC(=O)N(C3CC3)[C@H]2c2ccnn2C)cn1. The molecule has 0 radical (unpaired) electrons. The van der Waals surface area contributed by atoms with Crippen LogP contribution in [0.5, 0.6) is 0 Å². The smallest absolute Gasteiger partial charge is 0.271 e. The number of aryl methyl sites for hydroxylation is 2. The summed E-state index contributed by atoms with van der Waals surface area (Å²) in [5.74, 6) is -0.112. The Labute approximate surface area is 151 Å². The molecule has 1 aliphatic carbocycles. The number of amides is 2. The quantitative estimate of drug-likeness (QED) is 0.889. The Bertz CT molecular complexity index is 826. The third-order valence-electron chi connectivity index (χ3n) is 5.07. The average Bonchev–Trinajstić information content (AvgIpc) is 3.37. The van der Waals surface area contributed by atoms with Crippen molar-refractivity contribution in [3.63, 3.8) is 0 Å². The van der Waals surface area contributed by atoms with Crippen LogP contribution in [0.3, 0.4) is 0 Å². The normalized spacial score (nSPS) is 23.2. The van der Waals surface area contributed by atoms with Crippen LogP contribution < -0.4 is 5.32 Å². The highest BCUT2D eigenvalue weighted by Crippen LogP contribution is 2.40. The topological polar surface area (TPSA) is 93.0 Å². The minimum Gasteiger partial charge on any atom is -0.345 e. The van der Waals surface area contributed by atoms with E-state index in [9.17, 15) is 9.59 Å². The second kappa shape index (κ2) is 6.51. The molecule has 0 spiro atoms. The predicted octanol–water partition coefficient (Wildman–Crippen LogP) is 1.14. The van der Waals surface area contributed by atoms with Gasteiger partial charge in [-0.3, -0.25) is 19.3 Å². The first-order chi connectivity index (χ1) is 12.5. The summed E-state index contributed by atoms with van der Waals surface area (Å²) in [5.41, 5.74) is 1.98. The van der Waals surface area contributed by atoms with Crippen LogP contribution in [0.4, 0.5) is 0 Å². The zero-order chi connectivity index (χ0) is 18.3. The monoisotopic (exact) mass is 354 g/mol. The van der Waals surface area contributed by atoms with E-state index in [-0.39, 0.29) is 35.6 Å². The summed E-state index contributed by atoms with van der Waals surface area (Å²) in [6.45, 7) is 1.83. The van der Waals surface area contributed by atoms with Gasteiger partial charge in [-0.25, -0.2) is 4.98 Å². The van der Waals surface area contributed by atoms with E-state index in [2.05, 4.69) is 20.4 Å². The lowest BCUT2D eigenvalue weighted by Gasteiger charge is -2.41. The van der Waals surface area contributed by atoms with Gasteiger partial charge in [0, 0.05) is 31.9 Å². The number of hydrogen-bond acceptors (Lipinski definition) is 5. The number of carbonyl (C=O) groups excluding carboxylic acids is 2. The molecule has 3 heterocycles. The molecule has 1 saturated heterocycles. The predicted molar refractivity (Wildman–Crippen MR) is 93.1 cm³/mol. The van der Waals surface area contributed by atoms with Crippen LogP contribution in [-0.4, -0.2) is 48.5 Å². The Morgan fingerprint density at radius 3 is 2.65 bits per heavy atom. The second-order valence-electron chi connectivity index (χ2n) is 7.02. The zero-order valence-corrected chi connectivity index (χ0v) is 14.9. The van der Waals surface area contributed by atoms with Crippen LogP contribution >= 0.6 is 0 Å². The van der Waals surface area contributed by atoms with Gasteiger partial charge in [-0.05, 0) is 32.3 Å². The Morgan fingerprint density at radius 1 is 1.23 bits per heavy atom. The molecule has 8 nitrogen and oxygen atoms in total. The van der Waals surface area contributed by atoms with Gasteiger partial charge in [-0.1, -0.05) is 0 Å². The first-order valence-corrected chi connectivity index (χ1v) is 8.93. The van der Waals surface area contributed by atoms with Crippen molar-refractivity contribution in [3.8, 4) is 0 Å². The Balaban J connectivity index is 1.62.